The van der Waals surface area contributed by atoms with Crippen LogP contribution in [0.25, 0.3) is 0 Å². The molecule has 0 amide bonds. The van der Waals surface area contributed by atoms with Crippen LogP contribution in [-0.2, 0) is 6.54 Å². The lowest BCUT2D eigenvalue weighted by molar-refractivity contribution is -0.166. The van der Waals surface area contributed by atoms with Gasteiger partial charge >= 0.3 is 6.18 Å². The number of alkyl halides is 3. The summed E-state index contributed by atoms with van der Waals surface area (Å²) in [6.45, 7) is -0.120. The van der Waals surface area contributed by atoms with Crippen molar-refractivity contribution in [2.24, 2.45) is 0 Å². The summed E-state index contributed by atoms with van der Waals surface area (Å²) in [5, 5.41) is 2.41. The van der Waals surface area contributed by atoms with Crippen molar-refractivity contribution in [3.63, 3.8) is 0 Å². The first-order chi connectivity index (χ1) is 7.84. The maximum absolute atomic E-state index is 13.3. The maximum atomic E-state index is 13.3. The molecule has 0 aliphatic heterocycles. The van der Waals surface area contributed by atoms with Crippen molar-refractivity contribution in [1.29, 1.82) is 0 Å². The predicted octanol–water partition coefficient (Wildman–Crippen LogP) is 3.77. The van der Waals surface area contributed by atoms with Crippen molar-refractivity contribution < 1.29 is 17.6 Å². The molecule has 0 spiro atoms. The van der Waals surface area contributed by atoms with Crippen LogP contribution in [0, 0.1) is 5.82 Å². The molecular weight excluding hydrogens is 302 g/mol. The fourth-order valence-corrected chi connectivity index (χ4v) is 2.04. The van der Waals surface area contributed by atoms with E-state index in [9.17, 15) is 17.6 Å². The van der Waals surface area contributed by atoms with Crippen LogP contribution in [0.5, 0.6) is 0 Å². The van der Waals surface area contributed by atoms with E-state index in [0.29, 0.717) is 4.47 Å². The summed E-state index contributed by atoms with van der Waals surface area (Å²) in [5.74, 6) is -0.501. The van der Waals surface area contributed by atoms with E-state index in [2.05, 4.69) is 21.2 Å². The average molecular weight is 312 g/mol. The zero-order valence-electron chi connectivity index (χ0n) is 8.74. The van der Waals surface area contributed by atoms with Gasteiger partial charge < -0.3 is 0 Å². The Morgan fingerprint density at radius 1 is 1.29 bits per heavy atom. The lowest BCUT2D eigenvalue weighted by atomic mass is 10.2. The Labute approximate surface area is 104 Å². The van der Waals surface area contributed by atoms with Crippen molar-refractivity contribution in [2.75, 3.05) is 0 Å². The number of halogens is 5. The van der Waals surface area contributed by atoms with Crippen molar-refractivity contribution in [2.45, 2.75) is 31.1 Å². The third-order valence-corrected chi connectivity index (χ3v) is 3.41. The summed E-state index contributed by atoms with van der Waals surface area (Å²) in [6, 6.07) is 4.22. The summed E-state index contributed by atoms with van der Waals surface area (Å²) >= 11 is 3.16. The molecule has 1 aromatic carbocycles. The lowest BCUT2D eigenvalue weighted by Gasteiger charge is -2.20. The van der Waals surface area contributed by atoms with E-state index < -0.39 is 17.5 Å². The highest BCUT2D eigenvalue weighted by molar-refractivity contribution is 9.10. The molecule has 1 saturated carbocycles. The number of rotatable bonds is 3. The fraction of sp³-hybridized carbons (Fsp3) is 0.455. The van der Waals surface area contributed by atoms with E-state index in [4.69, 9.17) is 0 Å². The molecule has 1 nitrogen and oxygen atoms in total. The SMILES string of the molecule is Fc1ccc(Br)cc1CNC1(C(F)(F)F)CC1. The van der Waals surface area contributed by atoms with Crippen molar-refractivity contribution in [3.05, 3.63) is 34.1 Å². The molecular formula is C11H10BrF4N. The molecule has 0 aromatic heterocycles. The van der Waals surface area contributed by atoms with Gasteiger partial charge in [-0.1, -0.05) is 15.9 Å². The zero-order chi connectivity index (χ0) is 12.7. The van der Waals surface area contributed by atoms with E-state index in [1.807, 2.05) is 0 Å². The fourth-order valence-electron chi connectivity index (χ4n) is 1.63. The highest BCUT2D eigenvalue weighted by Gasteiger charge is 2.62. The molecule has 0 atom stereocenters. The predicted molar refractivity (Wildman–Crippen MR) is 59.0 cm³/mol. The monoisotopic (exact) mass is 311 g/mol. The van der Waals surface area contributed by atoms with Gasteiger partial charge in [-0.05, 0) is 31.0 Å². The van der Waals surface area contributed by atoms with Crippen LogP contribution in [0.15, 0.2) is 22.7 Å². The summed E-state index contributed by atoms with van der Waals surface area (Å²) in [7, 11) is 0. The van der Waals surface area contributed by atoms with E-state index in [0.717, 1.165) is 0 Å². The lowest BCUT2D eigenvalue weighted by Crippen LogP contribution is -2.44. The topological polar surface area (TPSA) is 12.0 Å². The summed E-state index contributed by atoms with van der Waals surface area (Å²) in [4.78, 5) is 0. The van der Waals surface area contributed by atoms with Crippen LogP contribution >= 0.6 is 15.9 Å². The maximum Gasteiger partial charge on any atom is 0.406 e. The summed E-state index contributed by atoms with van der Waals surface area (Å²) in [5.41, 5.74) is -1.57. The van der Waals surface area contributed by atoms with Gasteiger partial charge in [0.2, 0.25) is 0 Å². The molecule has 6 heteroatoms. The van der Waals surface area contributed by atoms with Crippen LogP contribution in [0.4, 0.5) is 17.6 Å². The Hall–Kier alpha value is -0.620. The summed E-state index contributed by atoms with van der Waals surface area (Å²) < 4.78 is 51.8. The van der Waals surface area contributed by atoms with E-state index in [1.165, 1.54) is 18.2 Å². The van der Waals surface area contributed by atoms with Crippen LogP contribution in [0.2, 0.25) is 0 Å². The largest absolute Gasteiger partial charge is 0.406 e. The molecule has 0 heterocycles. The van der Waals surface area contributed by atoms with E-state index in [-0.39, 0.29) is 24.9 Å². The smallest absolute Gasteiger partial charge is 0.299 e. The van der Waals surface area contributed by atoms with Crippen molar-refractivity contribution in [3.8, 4) is 0 Å². The molecule has 0 radical (unpaired) electrons. The van der Waals surface area contributed by atoms with Gasteiger partial charge in [0, 0.05) is 16.6 Å². The van der Waals surface area contributed by atoms with Crippen LogP contribution in [-0.4, -0.2) is 11.7 Å². The normalized spacial score (nSPS) is 18.2. The zero-order valence-corrected chi connectivity index (χ0v) is 10.3. The second-order valence-electron chi connectivity index (χ2n) is 4.17. The van der Waals surface area contributed by atoms with E-state index >= 15 is 0 Å². The molecule has 0 bridgehead atoms. The van der Waals surface area contributed by atoms with Gasteiger partial charge in [-0.15, -0.1) is 0 Å². The molecule has 2 rings (SSSR count). The van der Waals surface area contributed by atoms with Gasteiger partial charge in [0.15, 0.2) is 0 Å². The van der Waals surface area contributed by atoms with Gasteiger partial charge in [0.05, 0.1) is 0 Å². The first-order valence-electron chi connectivity index (χ1n) is 5.10. The minimum absolute atomic E-state index is 0.0616. The van der Waals surface area contributed by atoms with Crippen LogP contribution in [0.1, 0.15) is 18.4 Å². The number of hydrogen-bond donors (Lipinski definition) is 1. The highest BCUT2D eigenvalue weighted by atomic mass is 79.9. The molecule has 1 aromatic rings. The molecule has 1 aliphatic rings. The molecule has 94 valence electrons. The van der Waals surface area contributed by atoms with Gasteiger partial charge in [0.1, 0.15) is 11.4 Å². The van der Waals surface area contributed by atoms with Gasteiger partial charge in [0.25, 0.3) is 0 Å². The highest BCUT2D eigenvalue weighted by Crippen LogP contribution is 2.49. The quantitative estimate of drug-likeness (QED) is 0.838. The van der Waals surface area contributed by atoms with Crippen molar-refractivity contribution in [1.82, 2.24) is 5.32 Å². The molecule has 0 saturated heterocycles. The molecule has 1 fully saturated rings. The Morgan fingerprint density at radius 3 is 2.47 bits per heavy atom. The standard InChI is InChI=1S/C11H10BrF4N/c12-8-1-2-9(13)7(5-8)6-17-10(3-4-10)11(14,15)16/h1-2,5,17H,3-4,6H2. The Bertz CT molecular complexity index is 426. The van der Waals surface area contributed by atoms with E-state index in [1.54, 1.807) is 0 Å². The molecule has 17 heavy (non-hydrogen) atoms. The Morgan fingerprint density at radius 2 is 1.94 bits per heavy atom. The molecule has 1 N–H and O–H groups in total. The average Bonchev–Trinajstić information content (AvgIpc) is 2.99. The van der Waals surface area contributed by atoms with Gasteiger partial charge in [-0.2, -0.15) is 13.2 Å². The first-order valence-corrected chi connectivity index (χ1v) is 5.89. The Balaban J connectivity index is 2.06. The van der Waals surface area contributed by atoms with Crippen LogP contribution < -0.4 is 5.32 Å². The third kappa shape index (κ3) is 2.63. The Kier molecular flexibility index (Phi) is 3.20. The van der Waals surface area contributed by atoms with Gasteiger partial charge in [-0.25, -0.2) is 4.39 Å². The molecule has 1 aliphatic carbocycles. The van der Waals surface area contributed by atoms with Crippen molar-refractivity contribution >= 4 is 15.9 Å². The molecule has 0 unspecified atom stereocenters. The number of hydrogen-bond acceptors (Lipinski definition) is 1. The second-order valence-corrected chi connectivity index (χ2v) is 5.08. The first kappa shape index (κ1) is 12.8. The number of benzene rings is 1. The van der Waals surface area contributed by atoms with Crippen LogP contribution in [0.3, 0.4) is 0 Å². The third-order valence-electron chi connectivity index (χ3n) is 2.92. The minimum Gasteiger partial charge on any atom is -0.299 e. The number of nitrogens with one attached hydrogen (secondary N) is 1. The summed E-state index contributed by atoms with van der Waals surface area (Å²) in [6.07, 6.45) is -4.15. The van der Waals surface area contributed by atoms with Gasteiger partial charge in [-0.3, -0.25) is 5.32 Å². The second kappa shape index (κ2) is 4.24. The minimum atomic E-state index is -4.27.